The van der Waals surface area contributed by atoms with Crippen LogP contribution in [0.4, 0.5) is 0 Å². The molecule has 0 saturated heterocycles. The molecular formula is C19H16ClN5O2S. The van der Waals surface area contributed by atoms with Crippen LogP contribution in [0, 0.1) is 0 Å². The Morgan fingerprint density at radius 2 is 2.00 bits per heavy atom. The van der Waals surface area contributed by atoms with Gasteiger partial charge in [0.2, 0.25) is 0 Å². The SMILES string of the molecule is Cn1c(SCc2cn3cc(Cl)ccc3n2)nnc1[C@H]1COc2ccccc2O1. The summed E-state index contributed by atoms with van der Waals surface area (Å²) >= 11 is 7.61. The lowest BCUT2D eigenvalue weighted by atomic mass is 10.2. The van der Waals surface area contributed by atoms with E-state index in [0.717, 1.165) is 33.8 Å². The second kappa shape index (κ2) is 7.03. The molecule has 0 aliphatic carbocycles. The Kier molecular flexibility index (Phi) is 4.37. The van der Waals surface area contributed by atoms with Gasteiger partial charge in [-0.1, -0.05) is 35.5 Å². The van der Waals surface area contributed by atoms with Crippen molar-refractivity contribution < 1.29 is 9.47 Å². The van der Waals surface area contributed by atoms with E-state index in [1.165, 1.54) is 0 Å². The minimum Gasteiger partial charge on any atom is -0.485 e. The van der Waals surface area contributed by atoms with Gasteiger partial charge in [0.1, 0.15) is 12.3 Å². The van der Waals surface area contributed by atoms with Crippen LogP contribution in [-0.2, 0) is 12.8 Å². The molecule has 0 radical (unpaired) electrons. The number of hydrogen-bond acceptors (Lipinski definition) is 6. The molecule has 1 aromatic carbocycles. The Balaban J connectivity index is 1.31. The zero-order valence-electron chi connectivity index (χ0n) is 14.9. The molecule has 0 fully saturated rings. The number of aromatic nitrogens is 5. The molecule has 1 aliphatic heterocycles. The zero-order chi connectivity index (χ0) is 19.1. The standard InChI is InChI=1S/C19H16ClN5O2S/c1-24-18(16-10-26-14-4-2-3-5-15(14)27-16)22-23-19(24)28-11-13-9-25-8-12(20)6-7-17(25)21-13/h2-9,16H,10-11H2,1H3/t16-/m1/s1. The van der Waals surface area contributed by atoms with Crippen LogP contribution in [0.3, 0.4) is 0 Å². The first-order chi connectivity index (χ1) is 13.7. The molecule has 0 spiro atoms. The molecule has 142 valence electrons. The lowest BCUT2D eigenvalue weighted by Crippen LogP contribution is -2.24. The molecule has 28 heavy (non-hydrogen) atoms. The van der Waals surface area contributed by atoms with Crippen molar-refractivity contribution in [2.45, 2.75) is 17.0 Å². The molecule has 1 aliphatic rings. The maximum Gasteiger partial charge on any atom is 0.192 e. The maximum atomic E-state index is 6.04. The van der Waals surface area contributed by atoms with Gasteiger partial charge in [0.25, 0.3) is 0 Å². The first kappa shape index (κ1) is 17.4. The van der Waals surface area contributed by atoms with Crippen molar-refractivity contribution in [3.8, 4) is 11.5 Å². The topological polar surface area (TPSA) is 66.5 Å². The summed E-state index contributed by atoms with van der Waals surface area (Å²) in [6.07, 6.45) is 3.52. The number of fused-ring (bicyclic) bond motifs is 2. The highest BCUT2D eigenvalue weighted by molar-refractivity contribution is 7.98. The number of para-hydroxylation sites is 2. The Morgan fingerprint density at radius 3 is 2.89 bits per heavy atom. The molecule has 3 aromatic heterocycles. The maximum absolute atomic E-state index is 6.04. The van der Waals surface area contributed by atoms with E-state index in [4.69, 9.17) is 21.1 Å². The molecule has 7 nitrogen and oxygen atoms in total. The predicted octanol–water partition coefficient (Wildman–Crippen LogP) is 3.92. The van der Waals surface area contributed by atoms with E-state index < -0.39 is 0 Å². The van der Waals surface area contributed by atoms with Gasteiger partial charge < -0.3 is 18.4 Å². The first-order valence-electron chi connectivity index (χ1n) is 8.71. The Labute approximate surface area is 170 Å². The summed E-state index contributed by atoms with van der Waals surface area (Å²) in [7, 11) is 1.94. The minimum atomic E-state index is -0.293. The minimum absolute atomic E-state index is 0.293. The van der Waals surface area contributed by atoms with E-state index in [-0.39, 0.29) is 6.10 Å². The largest absolute Gasteiger partial charge is 0.485 e. The average molecular weight is 414 g/mol. The molecule has 4 heterocycles. The fourth-order valence-electron chi connectivity index (χ4n) is 3.10. The van der Waals surface area contributed by atoms with Crippen LogP contribution < -0.4 is 9.47 Å². The molecule has 0 N–H and O–H groups in total. The summed E-state index contributed by atoms with van der Waals surface area (Å²) < 4.78 is 15.7. The Hall–Kier alpha value is -2.71. The zero-order valence-corrected chi connectivity index (χ0v) is 16.5. The van der Waals surface area contributed by atoms with Gasteiger partial charge in [-0.25, -0.2) is 4.98 Å². The van der Waals surface area contributed by atoms with Crippen molar-refractivity contribution in [2.75, 3.05) is 6.61 Å². The van der Waals surface area contributed by atoms with Crippen molar-refractivity contribution in [3.63, 3.8) is 0 Å². The van der Waals surface area contributed by atoms with E-state index in [0.29, 0.717) is 17.4 Å². The summed E-state index contributed by atoms with van der Waals surface area (Å²) in [5.41, 5.74) is 1.81. The van der Waals surface area contributed by atoms with E-state index >= 15 is 0 Å². The van der Waals surface area contributed by atoms with Crippen molar-refractivity contribution in [2.24, 2.45) is 7.05 Å². The Morgan fingerprint density at radius 1 is 1.14 bits per heavy atom. The summed E-state index contributed by atoms with van der Waals surface area (Å²) in [5, 5.41) is 10.1. The number of halogens is 1. The lowest BCUT2D eigenvalue weighted by molar-refractivity contribution is 0.0825. The summed E-state index contributed by atoms with van der Waals surface area (Å²) in [5.74, 6) is 2.89. The van der Waals surface area contributed by atoms with E-state index in [1.54, 1.807) is 11.8 Å². The number of pyridine rings is 1. The third kappa shape index (κ3) is 3.18. The van der Waals surface area contributed by atoms with Gasteiger partial charge >= 0.3 is 0 Å². The summed E-state index contributed by atoms with van der Waals surface area (Å²) in [6, 6.07) is 11.4. The molecule has 0 bridgehead atoms. The second-order valence-electron chi connectivity index (χ2n) is 6.40. The lowest BCUT2D eigenvalue weighted by Gasteiger charge is -2.25. The van der Waals surface area contributed by atoms with Gasteiger partial charge in [0.15, 0.2) is 28.6 Å². The molecule has 9 heteroatoms. The normalized spacial score (nSPS) is 15.9. The van der Waals surface area contributed by atoms with Gasteiger partial charge in [-0.05, 0) is 24.3 Å². The summed E-state index contributed by atoms with van der Waals surface area (Å²) in [6.45, 7) is 0.404. The van der Waals surface area contributed by atoms with Crippen molar-refractivity contribution >= 4 is 29.0 Å². The van der Waals surface area contributed by atoms with Crippen LogP contribution in [0.25, 0.3) is 5.65 Å². The van der Waals surface area contributed by atoms with Gasteiger partial charge in [-0.3, -0.25) is 0 Å². The number of thioether (sulfide) groups is 1. The third-order valence-corrected chi connectivity index (χ3v) is 5.76. The monoisotopic (exact) mass is 413 g/mol. The first-order valence-corrected chi connectivity index (χ1v) is 10.1. The number of ether oxygens (including phenoxy) is 2. The molecular weight excluding hydrogens is 398 g/mol. The second-order valence-corrected chi connectivity index (χ2v) is 7.78. The molecule has 0 amide bonds. The number of hydrogen-bond donors (Lipinski definition) is 0. The number of rotatable bonds is 4. The van der Waals surface area contributed by atoms with Crippen molar-refractivity contribution in [1.82, 2.24) is 24.1 Å². The fourth-order valence-corrected chi connectivity index (χ4v) is 4.07. The third-order valence-electron chi connectivity index (χ3n) is 4.48. The van der Waals surface area contributed by atoms with Crippen molar-refractivity contribution in [1.29, 1.82) is 0 Å². The van der Waals surface area contributed by atoms with Crippen LogP contribution in [0.1, 0.15) is 17.6 Å². The van der Waals surface area contributed by atoms with E-state index in [9.17, 15) is 0 Å². The molecule has 0 saturated carbocycles. The van der Waals surface area contributed by atoms with Crippen molar-refractivity contribution in [3.05, 3.63) is 65.3 Å². The predicted molar refractivity (Wildman–Crippen MR) is 106 cm³/mol. The van der Waals surface area contributed by atoms with E-state index in [2.05, 4.69) is 15.2 Å². The van der Waals surface area contributed by atoms with Gasteiger partial charge in [-0.2, -0.15) is 0 Å². The molecule has 5 rings (SSSR count). The highest BCUT2D eigenvalue weighted by Gasteiger charge is 2.27. The van der Waals surface area contributed by atoms with Gasteiger partial charge in [-0.15, -0.1) is 10.2 Å². The highest BCUT2D eigenvalue weighted by atomic mass is 35.5. The molecule has 0 unspecified atom stereocenters. The molecule has 4 aromatic rings. The number of imidazole rings is 1. The van der Waals surface area contributed by atoms with Crippen LogP contribution >= 0.6 is 23.4 Å². The molecule has 1 atom stereocenters. The van der Waals surface area contributed by atoms with Gasteiger partial charge in [0, 0.05) is 25.2 Å². The van der Waals surface area contributed by atoms with Crippen LogP contribution in [0.2, 0.25) is 5.02 Å². The van der Waals surface area contributed by atoms with Crippen LogP contribution in [-0.4, -0.2) is 30.8 Å². The smallest absolute Gasteiger partial charge is 0.192 e. The van der Waals surface area contributed by atoms with Gasteiger partial charge in [0.05, 0.1) is 10.7 Å². The quantitative estimate of drug-likeness (QED) is 0.472. The van der Waals surface area contributed by atoms with E-state index in [1.807, 2.05) is 64.8 Å². The highest BCUT2D eigenvalue weighted by Crippen LogP contribution is 2.36. The Bertz CT molecular complexity index is 1160. The number of nitrogens with zero attached hydrogens (tertiary/aromatic N) is 5. The number of benzene rings is 1. The average Bonchev–Trinajstić information content (AvgIpc) is 3.28. The summed E-state index contributed by atoms with van der Waals surface area (Å²) in [4.78, 5) is 4.60. The van der Waals surface area contributed by atoms with Crippen LogP contribution in [0.15, 0.2) is 53.9 Å². The fraction of sp³-hybridized carbons (Fsp3) is 0.211. The van der Waals surface area contributed by atoms with Crippen LogP contribution in [0.5, 0.6) is 11.5 Å².